The first-order valence-electron chi connectivity index (χ1n) is 9.73. The molecule has 3 aliphatic heterocycles. The number of hydrogen-bond donors (Lipinski definition) is 1. The Bertz CT molecular complexity index is 1160. The normalized spacial score (nSPS) is 34.5. The van der Waals surface area contributed by atoms with Crippen molar-refractivity contribution in [1.29, 1.82) is 21.2 Å². The molecule has 29 heavy (non-hydrogen) atoms. The number of aryl methyl sites for hydroxylation is 1. The molecule has 1 aromatic heterocycles. The summed E-state index contributed by atoms with van der Waals surface area (Å²) in [6.45, 7) is 0. The van der Waals surface area contributed by atoms with Gasteiger partial charge in [0.1, 0.15) is 6.10 Å². The van der Waals surface area contributed by atoms with Crippen molar-refractivity contribution in [2.45, 2.75) is 37.6 Å². The molecule has 0 amide bonds. The summed E-state index contributed by atoms with van der Waals surface area (Å²) in [5, 5.41) is 40.4. The summed E-state index contributed by atoms with van der Waals surface area (Å²) in [7, 11) is 1.90. The Balaban J connectivity index is 1.84. The number of nitrogens with one attached hydrogen (secondary N) is 1. The van der Waals surface area contributed by atoms with Crippen molar-refractivity contribution in [1.82, 2.24) is 4.57 Å². The van der Waals surface area contributed by atoms with Crippen LogP contribution in [0.15, 0.2) is 30.5 Å². The molecule has 3 saturated heterocycles. The molecule has 1 saturated carbocycles. The van der Waals surface area contributed by atoms with Gasteiger partial charge >= 0.3 is 0 Å². The van der Waals surface area contributed by atoms with E-state index in [0.717, 1.165) is 23.7 Å². The van der Waals surface area contributed by atoms with E-state index in [1.165, 1.54) is 0 Å². The lowest BCUT2D eigenvalue weighted by molar-refractivity contribution is -0.360. The molecule has 2 bridgehead atoms. The van der Waals surface area contributed by atoms with Gasteiger partial charge in [0.2, 0.25) is 11.7 Å². The maximum absolute atomic E-state index is 10.4. The van der Waals surface area contributed by atoms with Gasteiger partial charge in [-0.05, 0) is 18.9 Å². The molecule has 7 nitrogen and oxygen atoms in total. The molecule has 0 unspecified atom stereocenters. The van der Waals surface area contributed by atoms with E-state index in [9.17, 15) is 15.8 Å². The van der Waals surface area contributed by atoms with Crippen LogP contribution in [-0.2, 0) is 16.5 Å². The zero-order valence-corrected chi connectivity index (χ0v) is 16.0. The first-order valence-corrected chi connectivity index (χ1v) is 9.73. The zero-order chi connectivity index (χ0) is 20.4. The zero-order valence-electron chi connectivity index (χ0n) is 16.0. The van der Waals surface area contributed by atoms with Crippen LogP contribution in [0, 0.1) is 56.2 Å². The number of rotatable bonds is 1. The highest BCUT2D eigenvalue weighted by Crippen LogP contribution is 2.69. The Morgan fingerprint density at radius 2 is 1.90 bits per heavy atom. The fourth-order valence-corrected chi connectivity index (χ4v) is 5.70. The van der Waals surface area contributed by atoms with E-state index in [2.05, 4.69) is 18.2 Å². The Morgan fingerprint density at radius 1 is 1.14 bits per heavy atom. The van der Waals surface area contributed by atoms with Crippen molar-refractivity contribution in [3.8, 4) is 18.2 Å². The first kappa shape index (κ1) is 17.7. The van der Waals surface area contributed by atoms with E-state index >= 15 is 0 Å². The van der Waals surface area contributed by atoms with E-state index in [-0.39, 0.29) is 5.90 Å². The van der Waals surface area contributed by atoms with E-state index in [0.29, 0.717) is 18.4 Å². The van der Waals surface area contributed by atoms with E-state index in [1.54, 1.807) is 0 Å². The minimum Gasteiger partial charge on any atom is -0.447 e. The third-order valence-corrected chi connectivity index (χ3v) is 7.03. The van der Waals surface area contributed by atoms with Crippen LogP contribution in [0.2, 0.25) is 0 Å². The Hall–Kier alpha value is -3.34. The third-order valence-electron chi connectivity index (χ3n) is 7.03. The van der Waals surface area contributed by atoms with Crippen molar-refractivity contribution >= 4 is 16.8 Å². The molecule has 1 N–H and O–H groups in total. The van der Waals surface area contributed by atoms with Gasteiger partial charge in [0.25, 0.3) is 0 Å². The lowest BCUT2D eigenvalue weighted by Gasteiger charge is -2.63. The smallest absolute Gasteiger partial charge is 0.218 e. The molecule has 4 aliphatic rings. The number of nitrogens with zero attached hydrogens (tertiary/aromatic N) is 4. The number of aromatic nitrogens is 1. The molecule has 4 atom stereocenters. The van der Waals surface area contributed by atoms with Gasteiger partial charge in [-0.2, -0.15) is 15.8 Å². The number of benzene rings is 1. The second kappa shape index (κ2) is 5.60. The van der Waals surface area contributed by atoms with Crippen LogP contribution >= 0.6 is 0 Å². The van der Waals surface area contributed by atoms with Crippen molar-refractivity contribution in [2.24, 2.45) is 23.8 Å². The minimum atomic E-state index is -1.83. The molecule has 4 fully saturated rings. The monoisotopic (exact) mass is 385 g/mol. The fourth-order valence-electron chi connectivity index (χ4n) is 5.70. The largest absolute Gasteiger partial charge is 0.447 e. The molecule has 4 heterocycles. The summed E-state index contributed by atoms with van der Waals surface area (Å²) in [4.78, 5) is 0. The van der Waals surface area contributed by atoms with Crippen LogP contribution < -0.4 is 0 Å². The number of para-hydroxylation sites is 1. The van der Waals surface area contributed by atoms with Crippen molar-refractivity contribution in [3.05, 3.63) is 36.0 Å². The van der Waals surface area contributed by atoms with E-state index in [1.807, 2.05) is 42.1 Å². The fraction of sp³-hybridized carbons (Fsp3) is 0.455. The molecular formula is C22H19N5O2. The number of ether oxygens (including phenoxy) is 2. The van der Waals surface area contributed by atoms with Gasteiger partial charge in [-0.15, -0.1) is 0 Å². The maximum Gasteiger partial charge on any atom is 0.218 e. The molecule has 144 valence electrons. The average Bonchev–Trinajstić information content (AvgIpc) is 3.08. The third kappa shape index (κ3) is 1.81. The SMILES string of the molecule is Cn1cc([C@@H]2O[C@@]34CCCC[C@@H]3C(C#N)(C#N)[C@@]2(C#N)C(=N)O4)c2ccccc21. The Kier molecular flexibility index (Phi) is 3.42. The van der Waals surface area contributed by atoms with Gasteiger partial charge in [-0.25, -0.2) is 0 Å². The van der Waals surface area contributed by atoms with Crippen molar-refractivity contribution in [2.75, 3.05) is 0 Å². The second-order valence-corrected chi connectivity index (χ2v) is 8.20. The summed E-state index contributed by atoms with van der Waals surface area (Å²) in [6, 6.07) is 14.2. The van der Waals surface area contributed by atoms with Crippen LogP contribution in [0.5, 0.6) is 0 Å². The molecular weight excluding hydrogens is 366 g/mol. The molecule has 1 aromatic carbocycles. The van der Waals surface area contributed by atoms with Gasteiger partial charge in [0.15, 0.2) is 10.8 Å². The van der Waals surface area contributed by atoms with Crippen molar-refractivity contribution in [3.63, 3.8) is 0 Å². The lowest BCUT2D eigenvalue weighted by atomic mass is 9.48. The summed E-state index contributed by atoms with van der Waals surface area (Å²) in [6.07, 6.45) is 3.63. The van der Waals surface area contributed by atoms with Crippen LogP contribution in [0.1, 0.15) is 37.4 Å². The van der Waals surface area contributed by atoms with Crippen LogP contribution in [0.25, 0.3) is 10.9 Å². The highest BCUT2D eigenvalue weighted by Gasteiger charge is 2.80. The molecule has 7 heteroatoms. The standard InChI is InChI=1S/C22H19N5O2/c1-27-10-15(14-6-2-3-7-16(14)27)18-21(13-25)19(26)29-22(28-18)9-5-4-8-17(22)20(21,11-23)12-24/h2-3,6-7,10,17-18,26H,4-5,8-9H2,1H3/t17-,18+,21-,22-/m1/s1. The predicted octanol–water partition coefficient (Wildman–Crippen LogP) is 3.69. The molecule has 2 aromatic rings. The number of nitriles is 3. The maximum atomic E-state index is 10.4. The molecule has 1 spiro atoms. The van der Waals surface area contributed by atoms with Crippen LogP contribution in [-0.4, -0.2) is 16.3 Å². The topological polar surface area (TPSA) is 119 Å². The highest BCUT2D eigenvalue weighted by molar-refractivity contribution is 5.91. The summed E-state index contributed by atoms with van der Waals surface area (Å²) >= 11 is 0. The first-order chi connectivity index (χ1) is 14.0. The number of hydrogen-bond acceptors (Lipinski definition) is 6. The van der Waals surface area contributed by atoms with E-state index < -0.39 is 28.6 Å². The van der Waals surface area contributed by atoms with Crippen LogP contribution in [0.4, 0.5) is 0 Å². The van der Waals surface area contributed by atoms with Gasteiger partial charge in [-0.1, -0.05) is 24.6 Å². The Morgan fingerprint density at radius 3 is 2.62 bits per heavy atom. The summed E-state index contributed by atoms with van der Waals surface area (Å²) < 4.78 is 14.4. The predicted molar refractivity (Wildman–Crippen MR) is 102 cm³/mol. The van der Waals surface area contributed by atoms with E-state index in [4.69, 9.17) is 14.9 Å². The van der Waals surface area contributed by atoms with Crippen LogP contribution in [0.3, 0.4) is 0 Å². The molecule has 0 radical (unpaired) electrons. The minimum absolute atomic E-state index is 0.328. The van der Waals surface area contributed by atoms with Gasteiger partial charge in [0, 0.05) is 36.1 Å². The van der Waals surface area contributed by atoms with Gasteiger partial charge in [0.05, 0.1) is 24.1 Å². The Labute approximate surface area is 168 Å². The molecule has 6 rings (SSSR count). The van der Waals surface area contributed by atoms with Gasteiger partial charge < -0.3 is 14.0 Å². The van der Waals surface area contributed by atoms with Gasteiger partial charge in [-0.3, -0.25) is 5.41 Å². The summed E-state index contributed by atoms with van der Waals surface area (Å²) in [5.74, 6) is -2.12. The number of fused-ring (bicyclic) bond motifs is 3. The second-order valence-electron chi connectivity index (χ2n) is 8.20. The quantitative estimate of drug-likeness (QED) is 0.803. The lowest BCUT2D eigenvalue weighted by Crippen LogP contribution is -2.73. The average molecular weight is 385 g/mol. The molecule has 1 aliphatic carbocycles. The highest BCUT2D eigenvalue weighted by atomic mass is 16.7. The summed E-state index contributed by atoms with van der Waals surface area (Å²) in [5.41, 5.74) is -1.89. The van der Waals surface area contributed by atoms with Crippen molar-refractivity contribution < 1.29 is 9.47 Å².